The molecule has 0 radical (unpaired) electrons. The number of aliphatic hydroxyl groups excluding tert-OH is 1. The van der Waals surface area contributed by atoms with E-state index >= 15 is 0 Å². The van der Waals surface area contributed by atoms with E-state index < -0.39 is 97.5 Å². The maximum Gasteiger partial charge on any atom is 0.472 e. The van der Waals surface area contributed by atoms with Crippen LogP contribution >= 0.6 is 15.6 Å². The number of phosphoric ester groups is 2. The van der Waals surface area contributed by atoms with Gasteiger partial charge in [0.15, 0.2) is 12.2 Å². The van der Waals surface area contributed by atoms with Crippen molar-refractivity contribution in [3.05, 3.63) is 0 Å². The fourth-order valence-corrected chi connectivity index (χ4v) is 14.4. The standard InChI is InChI=1S/C83H162O17P2/c1-7-11-13-15-17-19-21-22-27-31-35-42-48-54-60-66-81(86)94-72-78(99-82(87)67-61-55-49-43-36-32-29-26-24-23-25-28-30-34-39-45-51-57-63-75(5)9-3)73-97-101(89,90)95-69-77(84)70-96-102(91,92)98-74-79(71-93-80(85)65-59-53-47-41-33-20-18-16-14-12-8-2)100-83(88)68-62-56-50-44-38-37-40-46-52-58-64-76(6)10-4/h75-79,84H,7-74H2,1-6H3,(H,89,90)(H,91,92)/t75?,76?,77-,78-,79-/m1/s1. The summed E-state index contributed by atoms with van der Waals surface area (Å²) in [7, 11) is -9.92. The Bertz CT molecular complexity index is 1960. The number of aliphatic hydroxyl groups is 1. The third-order valence-electron chi connectivity index (χ3n) is 20.2. The number of hydrogen-bond donors (Lipinski definition) is 3. The van der Waals surface area contributed by atoms with Crippen LogP contribution in [0.3, 0.4) is 0 Å². The first-order valence-corrected chi connectivity index (χ1v) is 46.1. The summed E-state index contributed by atoms with van der Waals surface area (Å²) < 4.78 is 68.8. The van der Waals surface area contributed by atoms with Gasteiger partial charge in [-0.1, -0.05) is 388 Å². The summed E-state index contributed by atoms with van der Waals surface area (Å²) in [6.45, 7) is 9.74. The van der Waals surface area contributed by atoms with Gasteiger partial charge in [0, 0.05) is 25.7 Å². The van der Waals surface area contributed by atoms with Gasteiger partial charge in [-0.15, -0.1) is 0 Å². The van der Waals surface area contributed by atoms with Crippen molar-refractivity contribution in [1.29, 1.82) is 0 Å². The van der Waals surface area contributed by atoms with Crippen LogP contribution in [0, 0.1) is 11.8 Å². The molecule has 0 aromatic rings. The third-order valence-corrected chi connectivity index (χ3v) is 22.1. The summed E-state index contributed by atoms with van der Waals surface area (Å²) in [5.41, 5.74) is 0. The highest BCUT2D eigenvalue weighted by Gasteiger charge is 2.30. The molecule has 19 heteroatoms. The summed E-state index contributed by atoms with van der Waals surface area (Å²) >= 11 is 0. The van der Waals surface area contributed by atoms with E-state index in [4.69, 9.17) is 37.0 Å². The van der Waals surface area contributed by atoms with Crippen molar-refractivity contribution < 1.29 is 80.2 Å². The Kier molecular flexibility index (Phi) is 73.1. The van der Waals surface area contributed by atoms with E-state index in [1.165, 1.54) is 257 Å². The minimum Gasteiger partial charge on any atom is -0.462 e. The van der Waals surface area contributed by atoms with Crippen LogP contribution < -0.4 is 0 Å². The Morgan fingerprint density at radius 3 is 0.696 bits per heavy atom. The van der Waals surface area contributed by atoms with Gasteiger partial charge in [-0.05, 0) is 37.5 Å². The van der Waals surface area contributed by atoms with Crippen LogP contribution in [0.5, 0.6) is 0 Å². The molecule has 0 amide bonds. The highest BCUT2D eigenvalue weighted by atomic mass is 31.2. The van der Waals surface area contributed by atoms with Crippen molar-refractivity contribution in [2.24, 2.45) is 11.8 Å². The Balaban J connectivity index is 5.23. The number of ether oxygens (including phenoxy) is 4. The maximum absolute atomic E-state index is 13.1. The fraction of sp³-hybridized carbons (Fsp3) is 0.952. The minimum atomic E-state index is -4.96. The van der Waals surface area contributed by atoms with Crippen molar-refractivity contribution in [3.63, 3.8) is 0 Å². The molecule has 606 valence electrons. The van der Waals surface area contributed by atoms with Crippen LogP contribution in [-0.2, 0) is 65.4 Å². The molecule has 0 heterocycles. The number of esters is 4. The molecule has 0 spiro atoms. The van der Waals surface area contributed by atoms with Gasteiger partial charge >= 0.3 is 39.5 Å². The predicted octanol–water partition coefficient (Wildman–Crippen LogP) is 25.1. The quantitative estimate of drug-likeness (QED) is 0.0222. The van der Waals surface area contributed by atoms with Gasteiger partial charge < -0.3 is 33.8 Å². The summed E-state index contributed by atoms with van der Waals surface area (Å²) in [5.74, 6) is -0.431. The van der Waals surface area contributed by atoms with Crippen LogP contribution in [0.1, 0.15) is 440 Å². The maximum atomic E-state index is 13.1. The van der Waals surface area contributed by atoms with Crippen LogP contribution in [0.2, 0.25) is 0 Å². The molecule has 7 atom stereocenters. The zero-order chi connectivity index (χ0) is 74.9. The Hall–Kier alpha value is -1.94. The average Bonchev–Trinajstić information content (AvgIpc) is 0.921. The lowest BCUT2D eigenvalue weighted by Crippen LogP contribution is -2.30. The molecule has 0 aromatic carbocycles. The average molecular weight is 1490 g/mol. The van der Waals surface area contributed by atoms with Crippen LogP contribution in [0.15, 0.2) is 0 Å². The topological polar surface area (TPSA) is 237 Å². The molecule has 0 aliphatic heterocycles. The Morgan fingerprint density at radius 1 is 0.275 bits per heavy atom. The molecule has 102 heavy (non-hydrogen) atoms. The van der Waals surface area contributed by atoms with Crippen molar-refractivity contribution >= 4 is 39.5 Å². The van der Waals surface area contributed by atoms with Gasteiger partial charge in [0.05, 0.1) is 26.4 Å². The summed E-state index contributed by atoms with van der Waals surface area (Å²) in [5, 5.41) is 10.7. The zero-order valence-electron chi connectivity index (χ0n) is 66.9. The second-order valence-corrected chi connectivity index (χ2v) is 33.3. The van der Waals surface area contributed by atoms with Gasteiger partial charge in [-0.25, -0.2) is 9.13 Å². The number of carbonyl (C=O) groups is 4. The van der Waals surface area contributed by atoms with Gasteiger partial charge in [0.25, 0.3) is 0 Å². The van der Waals surface area contributed by atoms with Crippen LogP contribution in [0.4, 0.5) is 0 Å². The Labute approximate surface area is 626 Å². The smallest absolute Gasteiger partial charge is 0.462 e. The first-order valence-electron chi connectivity index (χ1n) is 43.1. The lowest BCUT2D eigenvalue weighted by Gasteiger charge is -2.21. The number of carbonyl (C=O) groups excluding carboxylic acids is 4. The van der Waals surface area contributed by atoms with E-state index in [0.717, 1.165) is 102 Å². The molecule has 0 rings (SSSR count). The van der Waals surface area contributed by atoms with Crippen molar-refractivity contribution in [1.82, 2.24) is 0 Å². The number of unbranched alkanes of at least 4 members (excludes halogenated alkanes) is 50. The van der Waals surface area contributed by atoms with E-state index in [9.17, 15) is 43.2 Å². The summed E-state index contributed by atoms with van der Waals surface area (Å²) in [4.78, 5) is 73.1. The monoisotopic (exact) mass is 1490 g/mol. The molecule has 0 saturated heterocycles. The van der Waals surface area contributed by atoms with Gasteiger partial charge in [0.2, 0.25) is 0 Å². The molecule has 3 N–H and O–H groups in total. The molecule has 0 aromatic heterocycles. The van der Waals surface area contributed by atoms with E-state index in [1.54, 1.807) is 0 Å². The predicted molar refractivity (Wildman–Crippen MR) is 418 cm³/mol. The molecular weight excluding hydrogens is 1330 g/mol. The van der Waals surface area contributed by atoms with E-state index in [2.05, 4.69) is 41.5 Å². The number of phosphoric acid groups is 2. The summed E-state index contributed by atoms with van der Waals surface area (Å²) in [6, 6.07) is 0. The van der Waals surface area contributed by atoms with E-state index in [1.807, 2.05) is 0 Å². The van der Waals surface area contributed by atoms with E-state index in [-0.39, 0.29) is 25.7 Å². The molecule has 17 nitrogen and oxygen atoms in total. The number of rotatable bonds is 82. The summed E-state index contributed by atoms with van der Waals surface area (Å²) in [6.07, 6.45) is 65.0. The zero-order valence-corrected chi connectivity index (χ0v) is 68.7. The van der Waals surface area contributed by atoms with Crippen LogP contribution in [0.25, 0.3) is 0 Å². The second-order valence-electron chi connectivity index (χ2n) is 30.4. The lowest BCUT2D eigenvalue weighted by atomic mass is 9.99. The highest BCUT2D eigenvalue weighted by molar-refractivity contribution is 7.47. The van der Waals surface area contributed by atoms with Crippen molar-refractivity contribution in [2.45, 2.75) is 458 Å². The van der Waals surface area contributed by atoms with Crippen molar-refractivity contribution in [2.75, 3.05) is 39.6 Å². The normalized spacial score (nSPS) is 14.4. The molecule has 0 aliphatic carbocycles. The molecule has 0 bridgehead atoms. The molecule has 0 fully saturated rings. The molecule has 4 unspecified atom stereocenters. The van der Waals surface area contributed by atoms with E-state index in [0.29, 0.717) is 25.7 Å². The largest absolute Gasteiger partial charge is 0.472 e. The third kappa shape index (κ3) is 73.6. The van der Waals surface area contributed by atoms with Gasteiger partial charge in [-0.3, -0.25) is 37.3 Å². The van der Waals surface area contributed by atoms with Gasteiger partial charge in [-0.2, -0.15) is 0 Å². The minimum absolute atomic E-state index is 0.107. The molecule has 0 aliphatic rings. The first-order chi connectivity index (χ1) is 49.4. The highest BCUT2D eigenvalue weighted by Crippen LogP contribution is 2.45. The Morgan fingerprint density at radius 2 is 0.471 bits per heavy atom. The van der Waals surface area contributed by atoms with Crippen molar-refractivity contribution in [3.8, 4) is 0 Å². The first kappa shape index (κ1) is 100. The fourth-order valence-electron chi connectivity index (χ4n) is 12.8. The van der Waals surface area contributed by atoms with Gasteiger partial charge in [0.1, 0.15) is 19.3 Å². The second kappa shape index (κ2) is 74.5. The van der Waals surface area contributed by atoms with Crippen LogP contribution in [-0.4, -0.2) is 96.7 Å². The molecule has 0 saturated carbocycles. The molecular formula is C83H162O17P2. The lowest BCUT2D eigenvalue weighted by molar-refractivity contribution is -0.161. The number of hydrogen-bond acceptors (Lipinski definition) is 15. The SMILES string of the molecule is CCCCCCCCCCCCCCCCCC(=O)OC[C@H](COP(=O)(O)OC[C@@H](O)COP(=O)(O)OC[C@@H](COC(=O)CCCCCCCCCCCCC)OC(=O)CCCCCCCCCCCCC(C)CC)OC(=O)CCCCCCCCCCCCCCCCCCCCC(C)CC.